The molecule has 0 aromatic heterocycles. The Labute approximate surface area is 152 Å². The van der Waals surface area contributed by atoms with Gasteiger partial charge in [0.25, 0.3) is 0 Å². The Morgan fingerprint density at radius 2 is 1.74 bits per heavy atom. The molecule has 1 aliphatic rings. The van der Waals surface area contributed by atoms with E-state index in [0.29, 0.717) is 16.7 Å². The molecule has 0 radical (unpaired) electrons. The van der Waals surface area contributed by atoms with Crippen molar-refractivity contribution in [3.05, 3.63) is 56.7 Å². The Balaban J connectivity index is 1.65. The second-order valence-electron chi connectivity index (χ2n) is 5.61. The van der Waals surface area contributed by atoms with Gasteiger partial charge in [-0.3, -0.25) is 4.90 Å². The van der Waals surface area contributed by atoms with Crippen LogP contribution in [0.1, 0.15) is 5.56 Å². The summed E-state index contributed by atoms with van der Waals surface area (Å²) < 4.78 is 15.5. The van der Waals surface area contributed by atoms with Crippen LogP contribution in [-0.4, -0.2) is 36.2 Å². The lowest BCUT2D eigenvalue weighted by Crippen LogP contribution is -2.46. The molecule has 3 nitrogen and oxygen atoms in total. The summed E-state index contributed by atoms with van der Waals surface area (Å²) in [7, 11) is 0. The van der Waals surface area contributed by atoms with Gasteiger partial charge in [-0.2, -0.15) is 0 Å². The summed E-state index contributed by atoms with van der Waals surface area (Å²) in [5.74, 6) is 0.110. The average Bonchev–Trinajstić information content (AvgIpc) is 2.53. The van der Waals surface area contributed by atoms with Crippen molar-refractivity contribution in [3.8, 4) is 5.75 Å². The van der Waals surface area contributed by atoms with Crippen LogP contribution in [0.4, 0.5) is 10.1 Å². The largest absolute Gasteiger partial charge is 0.506 e. The predicted octanol–water partition coefficient (Wildman–Crippen LogP) is 4.38. The number of rotatable bonds is 3. The molecule has 0 saturated carbocycles. The van der Waals surface area contributed by atoms with Crippen LogP contribution in [0.2, 0.25) is 0 Å². The molecule has 2 aromatic rings. The van der Waals surface area contributed by atoms with Crippen LogP contribution < -0.4 is 4.90 Å². The standard InChI is InChI=1S/C17H17Br2FN2O/c18-13-9-12(17(23)14(19)10-13)11-21-5-7-22(8-6-21)16-4-2-1-3-15(16)20/h1-4,9-10,23H,5-8,11H2. The van der Waals surface area contributed by atoms with E-state index in [1.54, 1.807) is 6.07 Å². The molecule has 1 N–H and O–H groups in total. The molecule has 1 fully saturated rings. The van der Waals surface area contributed by atoms with E-state index in [9.17, 15) is 9.50 Å². The lowest BCUT2D eigenvalue weighted by atomic mass is 10.1. The summed E-state index contributed by atoms with van der Waals surface area (Å²) in [6.07, 6.45) is 0. The molecule has 0 amide bonds. The molecule has 122 valence electrons. The maximum atomic E-state index is 13.9. The number of benzene rings is 2. The van der Waals surface area contributed by atoms with Gasteiger partial charge in [-0.25, -0.2) is 4.39 Å². The molecule has 1 heterocycles. The van der Waals surface area contributed by atoms with E-state index in [0.717, 1.165) is 36.2 Å². The van der Waals surface area contributed by atoms with Crippen LogP contribution in [0.5, 0.6) is 5.75 Å². The van der Waals surface area contributed by atoms with E-state index in [1.165, 1.54) is 6.07 Å². The average molecular weight is 444 g/mol. The van der Waals surface area contributed by atoms with Crippen molar-refractivity contribution in [2.75, 3.05) is 31.1 Å². The van der Waals surface area contributed by atoms with Crippen LogP contribution in [-0.2, 0) is 6.54 Å². The maximum absolute atomic E-state index is 13.9. The van der Waals surface area contributed by atoms with Crippen molar-refractivity contribution < 1.29 is 9.50 Å². The second kappa shape index (κ2) is 7.20. The zero-order valence-corrected chi connectivity index (χ0v) is 15.6. The fourth-order valence-corrected chi connectivity index (χ4v) is 4.15. The summed E-state index contributed by atoms with van der Waals surface area (Å²) in [6, 6.07) is 10.7. The van der Waals surface area contributed by atoms with Gasteiger partial charge in [0.1, 0.15) is 11.6 Å². The number of phenols is 1. The molecule has 2 aromatic carbocycles. The second-order valence-corrected chi connectivity index (χ2v) is 7.38. The molecule has 1 aliphatic heterocycles. The highest BCUT2D eigenvalue weighted by Crippen LogP contribution is 2.32. The smallest absolute Gasteiger partial charge is 0.146 e. The van der Waals surface area contributed by atoms with Crippen LogP contribution >= 0.6 is 31.9 Å². The minimum atomic E-state index is -0.172. The molecule has 6 heteroatoms. The SMILES string of the molecule is Oc1c(Br)cc(Br)cc1CN1CCN(c2ccccc2F)CC1. The van der Waals surface area contributed by atoms with Gasteiger partial charge in [-0.1, -0.05) is 28.1 Å². The molecule has 3 rings (SSSR count). The van der Waals surface area contributed by atoms with E-state index < -0.39 is 0 Å². The summed E-state index contributed by atoms with van der Waals surface area (Å²) in [5.41, 5.74) is 1.55. The number of hydrogen-bond acceptors (Lipinski definition) is 3. The summed E-state index contributed by atoms with van der Waals surface area (Å²) in [6.45, 7) is 3.89. The lowest BCUT2D eigenvalue weighted by molar-refractivity contribution is 0.246. The highest BCUT2D eigenvalue weighted by atomic mass is 79.9. The Morgan fingerprint density at radius 1 is 1.04 bits per heavy atom. The highest BCUT2D eigenvalue weighted by Gasteiger charge is 2.20. The molecular weight excluding hydrogens is 427 g/mol. The quantitative estimate of drug-likeness (QED) is 0.762. The summed E-state index contributed by atoms with van der Waals surface area (Å²) in [5, 5.41) is 10.2. The number of anilines is 1. The number of piperazine rings is 1. The fourth-order valence-electron chi connectivity index (χ4n) is 2.84. The Morgan fingerprint density at radius 3 is 2.43 bits per heavy atom. The normalized spacial score (nSPS) is 15.9. The first-order valence-corrected chi connectivity index (χ1v) is 9.02. The third-order valence-electron chi connectivity index (χ3n) is 4.07. The van der Waals surface area contributed by atoms with Crippen molar-refractivity contribution in [1.82, 2.24) is 4.90 Å². The summed E-state index contributed by atoms with van der Waals surface area (Å²) >= 11 is 6.81. The molecule has 23 heavy (non-hydrogen) atoms. The monoisotopic (exact) mass is 442 g/mol. The van der Waals surface area contributed by atoms with Gasteiger partial charge >= 0.3 is 0 Å². The Bertz CT molecular complexity index is 703. The maximum Gasteiger partial charge on any atom is 0.146 e. The van der Waals surface area contributed by atoms with Crippen molar-refractivity contribution in [2.45, 2.75) is 6.54 Å². The lowest BCUT2D eigenvalue weighted by Gasteiger charge is -2.36. The third kappa shape index (κ3) is 3.87. The number of para-hydroxylation sites is 1. The highest BCUT2D eigenvalue weighted by molar-refractivity contribution is 9.11. The summed E-state index contributed by atoms with van der Waals surface area (Å²) in [4.78, 5) is 4.34. The van der Waals surface area contributed by atoms with Crippen molar-refractivity contribution in [3.63, 3.8) is 0 Å². The van der Waals surface area contributed by atoms with E-state index in [-0.39, 0.29) is 11.6 Å². The van der Waals surface area contributed by atoms with Crippen LogP contribution in [0.25, 0.3) is 0 Å². The van der Waals surface area contributed by atoms with Gasteiger partial charge in [-0.05, 0) is 40.2 Å². The number of nitrogens with zero attached hydrogens (tertiary/aromatic N) is 2. The molecule has 1 saturated heterocycles. The number of phenolic OH excluding ortho intramolecular Hbond substituents is 1. The van der Waals surface area contributed by atoms with Gasteiger partial charge in [-0.15, -0.1) is 0 Å². The van der Waals surface area contributed by atoms with Crippen molar-refractivity contribution in [2.24, 2.45) is 0 Å². The zero-order valence-electron chi connectivity index (χ0n) is 12.5. The number of hydrogen-bond donors (Lipinski definition) is 1. The first-order chi connectivity index (χ1) is 11.0. The van der Waals surface area contributed by atoms with Gasteiger partial charge in [0.05, 0.1) is 10.2 Å². The van der Waals surface area contributed by atoms with Crippen LogP contribution in [0.15, 0.2) is 45.3 Å². The van der Waals surface area contributed by atoms with Gasteiger partial charge in [0, 0.05) is 42.8 Å². The molecule has 0 atom stereocenters. The topological polar surface area (TPSA) is 26.7 Å². The van der Waals surface area contributed by atoms with Crippen LogP contribution in [0.3, 0.4) is 0 Å². The number of halogens is 3. The van der Waals surface area contributed by atoms with Crippen LogP contribution in [0, 0.1) is 5.82 Å². The predicted molar refractivity (Wildman–Crippen MR) is 97.4 cm³/mol. The minimum absolute atomic E-state index is 0.172. The molecule has 0 aliphatic carbocycles. The molecule has 0 spiro atoms. The van der Waals surface area contributed by atoms with Crippen molar-refractivity contribution in [1.29, 1.82) is 0 Å². The van der Waals surface area contributed by atoms with Gasteiger partial charge in [0.2, 0.25) is 0 Å². The minimum Gasteiger partial charge on any atom is -0.506 e. The fraction of sp³-hybridized carbons (Fsp3) is 0.294. The molecule has 0 bridgehead atoms. The van der Waals surface area contributed by atoms with E-state index in [4.69, 9.17) is 0 Å². The van der Waals surface area contributed by atoms with Gasteiger partial charge < -0.3 is 10.0 Å². The van der Waals surface area contributed by atoms with E-state index in [1.807, 2.05) is 24.3 Å². The Hall–Kier alpha value is -1.11. The van der Waals surface area contributed by atoms with E-state index >= 15 is 0 Å². The molecule has 0 unspecified atom stereocenters. The van der Waals surface area contributed by atoms with E-state index in [2.05, 4.69) is 41.7 Å². The van der Waals surface area contributed by atoms with Gasteiger partial charge in [0.15, 0.2) is 0 Å². The first kappa shape index (κ1) is 16.7. The van der Waals surface area contributed by atoms with Crippen molar-refractivity contribution >= 4 is 37.5 Å². The first-order valence-electron chi connectivity index (χ1n) is 7.43. The Kier molecular flexibility index (Phi) is 5.24. The molecular formula is C17H17Br2FN2O. The number of aromatic hydroxyl groups is 1. The zero-order chi connectivity index (χ0) is 16.4. The third-order valence-corrected chi connectivity index (χ3v) is 5.13.